The standard InChI is InChI=1S/C9H12Cl3N3OS/c1-3-5(4-2)6-14-15-8(17-6)13-7(16)9(10,11)12/h5H,3-4H2,1-2H3,(H,13,15,16). The van der Waals surface area contributed by atoms with E-state index in [-0.39, 0.29) is 0 Å². The van der Waals surface area contributed by atoms with E-state index in [2.05, 4.69) is 29.4 Å². The Morgan fingerprint density at radius 2 is 1.94 bits per heavy atom. The number of alkyl halides is 3. The van der Waals surface area contributed by atoms with Gasteiger partial charge in [-0.25, -0.2) is 0 Å². The Morgan fingerprint density at radius 3 is 2.41 bits per heavy atom. The molecule has 0 fully saturated rings. The summed E-state index contributed by atoms with van der Waals surface area (Å²) in [6.45, 7) is 4.16. The van der Waals surface area contributed by atoms with E-state index < -0.39 is 9.70 Å². The number of nitrogens with zero attached hydrogens (tertiary/aromatic N) is 2. The molecule has 0 atom stereocenters. The zero-order valence-corrected chi connectivity index (χ0v) is 12.4. The van der Waals surface area contributed by atoms with Gasteiger partial charge in [0.05, 0.1) is 0 Å². The molecule has 0 aliphatic rings. The van der Waals surface area contributed by atoms with Gasteiger partial charge < -0.3 is 0 Å². The van der Waals surface area contributed by atoms with Crippen molar-refractivity contribution < 1.29 is 4.79 Å². The van der Waals surface area contributed by atoms with Crippen LogP contribution >= 0.6 is 46.1 Å². The minimum Gasteiger partial charge on any atom is -0.297 e. The Bertz CT molecular complexity index is 387. The molecule has 0 unspecified atom stereocenters. The topological polar surface area (TPSA) is 54.9 Å². The molecular weight excluding hydrogens is 305 g/mol. The van der Waals surface area contributed by atoms with Crippen LogP contribution in [-0.4, -0.2) is 19.9 Å². The van der Waals surface area contributed by atoms with Gasteiger partial charge in [0, 0.05) is 5.92 Å². The van der Waals surface area contributed by atoms with Crippen LogP contribution in [0.2, 0.25) is 0 Å². The molecule has 1 aromatic rings. The number of rotatable bonds is 4. The molecule has 4 nitrogen and oxygen atoms in total. The maximum absolute atomic E-state index is 11.4. The molecule has 0 aromatic carbocycles. The molecule has 1 rings (SSSR count). The highest BCUT2D eigenvalue weighted by atomic mass is 35.6. The van der Waals surface area contributed by atoms with Crippen molar-refractivity contribution in [1.29, 1.82) is 0 Å². The smallest absolute Gasteiger partial charge is 0.278 e. The third-order valence-corrected chi connectivity index (χ3v) is 3.77. The van der Waals surface area contributed by atoms with Gasteiger partial charge in [0.15, 0.2) is 0 Å². The Hall–Kier alpha value is -0.100. The van der Waals surface area contributed by atoms with Crippen molar-refractivity contribution in [2.75, 3.05) is 5.32 Å². The Morgan fingerprint density at radius 1 is 1.35 bits per heavy atom. The lowest BCUT2D eigenvalue weighted by Gasteiger charge is -2.08. The summed E-state index contributed by atoms with van der Waals surface area (Å²) in [5.74, 6) is -0.374. The highest BCUT2D eigenvalue weighted by molar-refractivity contribution is 7.15. The zero-order valence-electron chi connectivity index (χ0n) is 9.34. The van der Waals surface area contributed by atoms with Gasteiger partial charge in [-0.2, -0.15) is 0 Å². The molecule has 0 aliphatic carbocycles. The molecule has 96 valence electrons. The van der Waals surface area contributed by atoms with E-state index in [1.807, 2.05) is 0 Å². The molecule has 0 bridgehead atoms. The summed E-state index contributed by atoms with van der Waals surface area (Å²) in [5.41, 5.74) is 0. The van der Waals surface area contributed by atoms with Gasteiger partial charge in [-0.05, 0) is 12.8 Å². The van der Waals surface area contributed by atoms with Crippen LogP contribution in [0, 0.1) is 0 Å². The zero-order chi connectivity index (χ0) is 13.1. The molecule has 1 amide bonds. The molecule has 8 heteroatoms. The second-order valence-corrected chi connectivity index (χ2v) is 6.70. The lowest BCUT2D eigenvalue weighted by Crippen LogP contribution is -2.26. The molecule has 1 N–H and O–H groups in total. The summed E-state index contributed by atoms with van der Waals surface area (Å²) in [6, 6.07) is 0. The summed E-state index contributed by atoms with van der Waals surface area (Å²) >= 11 is 17.6. The van der Waals surface area contributed by atoms with Crippen molar-refractivity contribution >= 4 is 57.2 Å². The van der Waals surface area contributed by atoms with E-state index >= 15 is 0 Å². The minimum atomic E-state index is -1.99. The molecule has 0 saturated heterocycles. The highest BCUT2D eigenvalue weighted by Crippen LogP contribution is 2.31. The van der Waals surface area contributed by atoms with Crippen LogP contribution in [0.25, 0.3) is 0 Å². The number of aromatic nitrogens is 2. The number of hydrogen-bond donors (Lipinski definition) is 1. The van der Waals surface area contributed by atoms with Crippen molar-refractivity contribution in [2.45, 2.75) is 36.4 Å². The second-order valence-electron chi connectivity index (χ2n) is 3.41. The lowest BCUT2D eigenvalue weighted by atomic mass is 10.1. The van der Waals surface area contributed by atoms with Gasteiger partial charge >= 0.3 is 0 Å². The van der Waals surface area contributed by atoms with Crippen molar-refractivity contribution in [3.8, 4) is 0 Å². The van der Waals surface area contributed by atoms with Crippen LogP contribution < -0.4 is 5.32 Å². The number of carbonyl (C=O) groups excluding carboxylic acids is 1. The summed E-state index contributed by atoms with van der Waals surface area (Å²) in [5, 5.41) is 11.5. The van der Waals surface area contributed by atoms with Gasteiger partial charge in [-0.3, -0.25) is 10.1 Å². The number of hydrogen-bond acceptors (Lipinski definition) is 4. The summed E-state index contributed by atoms with van der Waals surface area (Å²) in [4.78, 5) is 11.4. The number of anilines is 1. The fraction of sp³-hybridized carbons (Fsp3) is 0.667. The van der Waals surface area contributed by atoms with Crippen LogP contribution in [0.1, 0.15) is 37.6 Å². The third-order valence-electron chi connectivity index (χ3n) is 2.25. The number of nitrogens with one attached hydrogen (secondary N) is 1. The van der Waals surface area contributed by atoms with Crippen LogP contribution in [-0.2, 0) is 4.79 Å². The number of amides is 1. The fourth-order valence-corrected chi connectivity index (χ4v) is 2.40. The van der Waals surface area contributed by atoms with Gasteiger partial charge in [0.25, 0.3) is 9.70 Å². The van der Waals surface area contributed by atoms with E-state index in [0.29, 0.717) is 11.0 Å². The third kappa shape index (κ3) is 4.25. The first kappa shape index (κ1) is 15.0. The normalized spacial score (nSPS) is 11.9. The molecule has 1 heterocycles. The Balaban J connectivity index is 2.72. The molecular formula is C9H12Cl3N3OS. The fourth-order valence-electron chi connectivity index (χ4n) is 1.26. The van der Waals surface area contributed by atoms with Crippen molar-refractivity contribution in [3.05, 3.63) is 5.01 Å². The first-order valence-electron chi connectivity index (χ1n) is 5.10. The average Bonchev–Trinajstić information content (AvgIpc) is 2.67. The first-order valence-corrected chi connectivity index (χ1v) is 7.05. The van der Waals surface area contributed by atoms with E-state index in [0.717, 1.165) is 17.8 Å². The molecule has 17 heavy (non-hydrogen) atoms. The molecule has 0 saturated carbocycles. The predicted molar refractivity (Wildman–Crippen MR) is 72.2 cm³/mol. The highest BCUT2D eigenvalue weighted by Gasteiger charge is 2.31. The number of carbonyl (C=O) groups is 1. The largest absolute Gasteiger partial charge is 0.297 e. The second kappa shape index (κ2) is 6.18. The van der Waals surface area contributed by atoms with Gasteiger partial charge in [0.2, 0.25) is 5.13 Å². The predicted octanol–water partition coefficient (Wildman–Crippen LogP) is 3.75. The molecule has 1 aromatic heterocycles. The Labute approximate surface area is 119 Å². The van der Waals surface area contributed by atoms with Gasteiger partial charge in [-0.1, -0.05) is 60.0 Å². The van der Waals surface area contributed by atoms with Gasteiger partial charge in [0.1, 0.15) is 5.01 Å². The van der Waals surface area contributed by atoms with Crippen LogP contribution in [0.15, 0.2) is 0 Å². The SMILES string of the molecule is CCC(CC)c1nnc(NC(=O)C(Cl)(Cl)Cl)s1. The van der Waals surface area contributed by atoms with E-state index in [1.165, 1.54) is 11.3 Å². The van der Waals surface area contributed by atoms with Crippen molar-refractivity contribution in [3.63, 3.8) is 0 Å². The van der Waals surface area contributed by atoms with Gasteiger partial charge in [-0.15, -0.1) is 10.2 Å². The van der Waals surface area contributed by atoms with Crippen molar-refractivity contribution in [2.24, 2.45) is 0 Å². The van der Waals surface area contributed by atoms with E-state index in [4.69, 9.17) is 34.8 Å². The molecule has 0 radical (unpaired) electrons. The van der Waals surface area contributed by atoms with Crippen LogP contribution in [0.4, 0.5) is 5.13 Å². The summed E-state index contributed by atoms with van der Waals surface area (Å²) < 4.78 is -1.99. The average molecular weight is 317 g/mol. The summed E-state index contributed by atoms with van der Waals surface area (Å²) in [6.07, 6.45) is 1.95. The van der Waals surface area contributed by atoms with E-state index in [1.54, 1.807) is 0 Å². The maximum atomic E-state index is 11.4. The minimum absolute atomic E-state index is 0.350. The van der Waals surface area contributed by atoms with Crippen LogP contribution in [0.5, 0.6) is 0 Å². The molecule has 0 spiro atoms. The first-order chi connectivity index (χ1) is 7.88. The monoisotopic (exact) mass is 315 g/mol. The molecule has 0 aliphatic heterocycles. The Kier molecular flexibility index (Phi) is 5.44. The van der Waals surface area contributed by atoms with E-state index in [9.17, 15) is 4.79 Å². The summed E-state index contributed by atoms with van der Waals surface area (Å²) in [7, 11) is 0. The van der Waals surface area contributed by atoms with Crippen LogP contribution in [0.3, 0.4) is 0 Å². The van der Waals surface area contributed by atoms with Crippen molar-refractivity contribution in [1.82, 2.24) is 10.2 Å². The maximum Gasteiger partial charge on any atom is 0.278 e. The number of halogens is 3. The lowest BCUT2D eigenvalue weighted by molar-refractivity contribution is -0.115. The quantitative estimate of drug-likeness (QED) is 0.861.